The van der Waals surface area contributed by atoms with Crippen LogP contribution < -0.4 is 0 Å². The summed E-state index contributed by atoms with van der Waals surface area (Å²) < 4.78 is 4.55. The highest BCUT2D eigenvalue weighted by atomic mass is 15.2. The van der Waals surface area contributed by atoms with Crippen molar-refractivity contribution in [3.63, 3.8) is 0 Å². The maximum Gasteiger partial charge on any atom is 0.238 e. The minimum atomic E-state index is 0.575. The molecule has 0 fully saturated rings. The van der Waals surface area contributed by atoms with Crippen LogP contribution in [0, 0.1) is 0 Å². The number of hydrogen-bond acceptors (Lipinski definition) is 3. The lowest BCUT2D eigenvalue weighted by Crippen LogP contribution is -2.06. The first kappa shape index (κ1) is 31.9. The first-order valence-electron chi connectivity index (χ1n) is 18.9. The molecule has 0 atom stereocenters. The van der Waals surface area contributed by atoms with E-state index >= 15 is 0 Å². The van der Waals surface area contributed by atoms with Gasteiger partial charge in [0, 0.05) is 38.4 Å². The van der Waals surface area contributed by atoms with Crippen molar-refractivity contribution < 1.29 is 0 Å². The van der Waals surface area contributed by atoms with Crippen LogP contribution in [0.25, 0.3) is 100 Å². The van der Waals surface area contributed by atoms with Gasteiger partial charge in [0.15, 0.2) is 11.6 Å². The molecule has 0 bridgehead atoms. The molecule has 0 aliphatic rings. The molecular weight excluding hydrogens is 683 g/mol. The molecule has 3 aromatic heterocycles. The standard InChI is InChI=1S/C51H33N5/c1-4-14-34(15-5-1)35-24-26-37(27-25-35)50-52-49(36-16-6-2-7-17-36)53-51(54-50)56-46-23-13-10-20-41(46)43-30-28-39(33-48(43)56)38-29-31-47-44(32-38)42-21-11-12-22-45(42)55(47)40-18-8-3-9-19-40/h1-33H. The summed E-state index contributed by atoms with van der Waals surface area (Å²) in [5.41, 5.74) is 12.0. The average Bonchev–Trinajstić information content (AvgIpc) is 3.79. The van der Waals surface area contributed by atoms with Gasteiger partial charge in [-0.3, -0.25) is 4.57 Å². The Kier molecular flexibility index (Phi) is 7.42. The molecule has 5 nitrogen and oxygen atoms in total. The Labute approximate surface area is 323 Å². The van der Waals surface area contributed by atoms with Crippen molar-refractivity contribution in [3.8, 4) is 56.7 Å². The number of hydrogen-bond donors (Lipinski definition) is 0. The maximum absolute atomic E-state index is 5.22. The molecule has 8 aromatic carbocycles. The first-order valence-corrected chi connectivity index (χ1v) is 18.9. The van der Waals surface area contributed by atoms with Crippen LogP contribution in [0.3, 0.4) is 0 Å². The number of benzene rings is 8. The van der Waals surface area contributed by atoms with Gasteiger partial charge in [-0.15, -0.1) is 0 Å². The monoisotopic (exact) mass is 715 g/mol. The van der Waals surface area contributed by atoms with E-state index in [2.05, 4.69) is 185 Å². The number of para-hydroxylation sites is 3. The SMILES string of the molecule is c1ccc(-c2ccc(-c3nc(-c4ccccc4)nc(-n4c5ccccc5c5ccc(-c6ccc7c(c6)c6ccccc6n7-c6ccccc6)cc54)n3)cc2)cc1. The molecule has 0 saturated carbocycles. The Balaban J connectivity index is 1.10. The minimum absolute atomic E-state index is 0.575. The minimum Gasteiger partial charge on any atom is -0.309 e. The highest BCUT2D eigenvalue weighted by Gasteiger charge is 2.19. The Hall–Kier alpha value is -7.63. The van der Waals surface area contributed by atoms with Crippen molar-refractivity contribution >= 4 is 43.6 Å². The van der Waals surface area contributed by atoms with Crippen LogP contribution in [0.1, 0.15) is 0 Å². The second-order valence-electron chi connectivity index (χ2n) is 14.1. The van der Waals surface area contributed by atoms with Crippen molar-refractivity contribution in [2.45, 2.75) is 0 Å². The largest absolute Gasteiger partial charge is 0.309 e. The fourth-order valence-corrected chi connectivity index (χ4v) is 8.13. The Morgan fingerprint density at radius 1 is 0.268 bits per heavy atom. The molecular formula is C51H33N5. The molecule has 0 radical (unpaired) electrons. The molecule has 3 heterocycles. The molecule has 0 aliphatic heterocycles. The number of aromatic nitrogens is 5. The lowest BCUT2D eigenvalue weighted by atomic mass is 10.0. The zero-order chi connectivity index (χ0) is 37.0. The predicted molar refractivity (Wildman–Crippen MR) is 230 cm³/mol. The van der Waals surface area contributed by atoms with Gasteiger partial charge in [0.1, 0.15) is 0 Å². The van der Waals surface area contributed by atoms with Crippen molar-refractivity contribution in [3.05, 3.63) is 200 Å². The van der Waals surface area contributed by atoms with Gasteiger partial charge in [0.25, 0.3) is 0 Å². The van der Waals surface area contributed by atoms with Gasteiger partial charge in [0.05, 0.1) is 22.1 Å². The lowest BCUT2D eigenvalue weighted by molar-refractivity contribution is 0.953. The maximum atomic E-state index is 5.22. The van der Waals surface area contributed by atoms with E-state index in [4.69, 9.17) is 15.0 Å². The number of nitrogens with zero attached hydrogens (tertiary/aromatic N) is 5. The number of rotatable bonds is 6. The van der Waals surface area contributed by atoms with E-state index in [1.807, 2.05) is 24.3 Å². The topological polar surface area (TPSA) is 48.5 Å². The van der Waals surface area contributed by atoms with Gasteiger partial charge in [0.2, 0.25) is 5.95 Å². The summed E-state index contributed by atoms with van der Waals surface area (Å²) in [7, 11) is 0. The molecule has 11 aromatic rings. The number of fused-ring (bicyclic) bond motifs is 6. The van der Waals surface area contributed by atoms with Crippen molar-refractivity contribution in [1.82, 2.24) is 24.1 Å². The van der Waals surface area contributed by atoms with Crippen LogP contribution in [-0.4, -0.2) is 24.1 Å². The van der Waals surface area contributed by atoms with Gasteiger partial charge < -0.3 is 4.57 Å². The lowest BCUT2D eigenvalue weighted by Gasteiger charge is -2.12. The van der Waals surface area contributed by atoms with Gasteiger partial charge in [-0.25, -0.2) is 4.98 Å². The molecule has 0 unspecified atom stereocenters. The van der Waals surface area contributed by atoms with E-state index in [1.54, 1.807) is 0 Å². The molecule has 0 amide bonds. The second kappa shape index (κ2) is 13.0. The molecule has 11 rings (SSSR count). The van der Waals surface area contributed by atoms with E-state index in [9.17, 15) is 0 Å². The van der Waals surface area contributed by atoms with E-state index in [0.717, 1.165) is 55.3 Å². The fraction of sp³-hybridized carbons (Fsp3) is 0. The third-order valence-corrected chi connectivity index (χ3v) is 10.8. The second-order valence-corrected chi connectivity index (χ2v) is 14.1. The third-order valence-electron chi connectivity index (χ3n) is 10.8. The molecule has 0 aliphatic carbocycles. The summed E-state index contributed by atoms with van der Waals surface area (Å²) in [4.78, 5) is 15.5. The predicted octanol–water partition coefficient (Wildman–Crippen LogP) is 12.7. The summed E-state index contributed by atoms with van der Waals surface area (Å²) in [6, 6.07) is 70.4. The van der Waals surface area contributed by atoms with E-state index in [1.165, 1.54) is 27.4 Å². The van der Waals surface area contributed by atoms with Crippen LogP contribution in [0.15, 0.2) is 200 Å². The molecule has 0 N–H and O–H groups in total. The normalized spacial score (nSPS) is 11.6. The summed E-state index contributed by atoms with van der Waals surface area (Å²) in [5, 5.41) is 4.73. The quantitative estimate of drug-likeness (QED) is 0.172. The fourth-order valence-electron chi connectivity index (χ4n) is 8.13. The van der Waals surface area contributed by atoms with Crippen LogP contribution in [-0.2, 0) is 0 Å². The Bertz CT molecular complexity index is 3220. The van der Waals surface area contributed by atoms with Gasteiger partial charge in [-0.05, 0) is 64.7 Å². The summed E-state index contributed by atoms with van der Waals surface area (Å²) in [6.07, 6.45) is 0. The van der Waals surface area contributed by atoms with E-state index in [-0.39, 0.29) is 0 Å². The summed E-state index contributed by atoms with van der Waals surface area (Å²) in [6.45, 7) is 0. The third kappa shape index (κ3) is 5.29. The Morgan fingerprint density at radius 3 is 1.41 bits per heavy atom. The molecule has 0 saturated heterocycles. The summed E-state index contributed by atoms with van der Waals surface area (Å²) >= 11 is 0. The molecule has 0 spiro atoms. The highest BCUT2D eigenvalue weighted by molar-refractivity contribution is 6.12. The highest BCUT2D eigenvalue weighted by Crippen LogP contribution is 2.38. The van der Waals surface area contributed by atoms with Crippen molar-refractivity contribution in [2.75, 3.05) is 0 Å². The van der Waals surface area contributed by atoms with Crippen molar-refractivity contribution in [1.29, 1.82) is 0 Å². The van der Waals surface area contributed by atoms with Gasteiger partial charge >= 0.3 is 0 Å². The van der Waals surface area contributed by atoms with E-state index in [0.29, 0.717) is 17.6 Å². The molecule has 56 heavy (non-hydrogen) atoms. The summed E-state index contributed by atoms with van der Waals surface area (Å²) in [5.74, 6) is 1.82. The van der Waals surface area contributed by atoms with Gasteiger partial charge in [-0.2, -0.15) is 9.97 Å². The average molecular weight is 716 g/mol. The Morgan fingerprint density at radius 2 is 0.714 bits per heavy atom. The van der Waals surface area contributed by atoms with Crippen LogP contribution in [0.2, 0.25) is 0 Å². The smallest absolute Gasteiger partial charge is 0.238 e. The molecule has 262 valence electrons. The van der Waals surface area contributed by atoms with Gasteiger partial charge in [-0.1, -0.05) is 158 Å². The van der Waals surface area contributed by atoms with Crippen LogP contribution in [0.5, 0.6) is 0 Å². The first-order chi connectivity index (χ1) is 27.8. The molecule has 5 heteroatoms. The zero-order valence-electron chi connectivity index (χ0n) is 30.3. The zero-order valence-corrected chi connectivity index (χ0v) is 30.3. The van der Waals surface area contributed by atoms with Crippen LogP contribution in [0.4, 0.5) is 0 Å². The van der Waals surface area contributed by atoms with Crippen molar-refractivity contribution in [2.24, 2.45) is 0 Å². The van der Waals surface area contributed by atoms with E-state index < -0.39 is 0 Å². The van der Waals surface area contributed by atoms with Crippen LogP contribution >= 0.6 is 0 Å².